The summed E-state index contributed by atoms with van der Waals surface area (Å²) in [5, 5.41) is 0. The van der Waals surface area contributed by atoms with Crippen molar-refractivity contribution in [1.29, 1.82) is 0 Å². The summed E-state index contributed by atoms with van der Waals surface area (Å²) >= 11 is 0. The molecule has 0 saturated heterocycles. The summed E-state index contributed by atoms with van der Waals surface area (Å²) in [7, 11) is 0. The molecule has 0 spiro atoms. The second-order valence-electron chi connectivity index (χ2n) is 5.31. The molecule has 0 unspecified atom stereocenters. The predicted molar refractivity (Wildman–Crippen MR) is 74.7 cm³/mol. The van der Waals surface area contributed by atoms with Gasteiger partial charge in [0.05, 0.1) is 13.2 Å². The molecule has 0 aromatic carbocycles. The normalized spacial score (nSPS) is 11.2. The van der Waals surface area contributed by atoms with Crippen LogP contribution in [0.3, 0.4) is 0 Å². The zero-order valence-electron chi connectivity index (χ0n) is 12.8. The number of esters is 2. The third-order valence-corrected chi connectivity index (χ3v) is 2.98. The lowest BCUT2D eigenvalue weighted by molar-refractivity contribution is -0.169. The van der Waals surface area contributed by atoms with Gasteiger partial charge in [-0.3, -0.25) is 9.59 Å². The van der Waals surface area contributed by atoms with E-state index in [4.69, 9.17) is 9.47 Å². The molecule has 0 rings (SSSR count). The number of ether oxygens (including phenoxy) is 2. The molecule has 19 heavy (non-hydrogen) atoms. The Balaban J connectivity index is 4.01. The highest BCUT2D eigenvalue weighted by Gasteiger charge is 2.39. The van der Waals surface area contributed by atoms with E-state index in [1.54, 1.807) is 13.8 Å². The number of unbranched alkanes of at least 4 members (excludes halogenated alkanes) is 4. The van der Waals surface area contributed by atoms with Gasteiger partial charge in [-0.1, -0.05) is 39.5 Å². The highest BCUT2D eigenvalue weighted by atomic mass is 16.6. The van der Waals surface area contributed by atoms with E-state index in [2.05, 4.69) is 6.92 Å². The topological polar surface area (TPSA) is 52.6 Å². The molecule has 112 valence electrons. The van der Waals surface area contributed by atoms with E-state index in [9.17, 15) is 9.59 Å². The van der Waals surface area contributed by atoms with Crippen LogP contribution in [0.25, 0.3) is 0 Å². The van der Waals surface area contributed by atoms with Gasteiger partial charge < -0.3 is 9.47 Å². The molecular formula is C15H28O4. The van der Waals surface area contributed by atoms with E-state index < -0.39 is 17.4 Å². The van der Waals surface area contributed by atoms with Gasteiger partial charge in [-0.25, -0.2) is 0 Å². The molecule has 0 heterocycles. The molecule has 4 heteroatoms. The summed E-state index contributed by atoms with van der Waals surface area (Å²) in [6, 6.07) is 0. The fourth-order valence-corrected chi connectivity index (χ4v) is 1.45. The first-order valence-corrected chi connectivity index (χ1v) is 7.31. The van der Waals surface area contributed by atoms with Crippen molar-refractivity contribution in [1.82, 2.24) is 0 Å². The first-order chi connectivity index (χ1) is 8.96. The van der Waals surface area contributed by atoms with Gasteiger partial charge in [-0.05, 0) is 26.7 Å². The Morgan fingerprint density at radius 2 is 1.26 bits per heavy atom. The Labute approximate surface area is 116 Å². The summed E-state index contributed by atoms with van der Waals surface area (Å²) in [5.74, 6) is -0.995. The highest BCUT2D eigenvalue weighted by molar-refractivity contribution is 5.99. The third kappa shape index (κ3) is 7.19. The highest BCUT2D eigenvalue weighted by Crippen LogP contribution is 2.20. The largest absolute Gasteiger partial charge is 0.465 e. The van der Waals surface area contributed by atoms with Crippen molar-refractivity contribution < 1.29 is 19.1 Å². The van der Waals surface area contributed by atoms with Gasteiger partial charge >= 0.3 is 11.9 Å². The molecule has 0 N–H and O–H groups in total. The van der Waals surface area contributed by atoms with Crippen LogP contribution in [0.5, 0.6) is 0 Å². The molecule has 0 aliphatic carbocycles. The van der Waals surface area contributed by atoms with Crippen LogP contribution in [0.2, 0.25) is 0 Å². The van der Waals surface area contributed by atoms with Crippen molar-refractivity contribution in [2.45, 2.75) is 66.2 Å². The minimum absolute atomic E-state index is 0.364. The molecule has 4 nitrogen and oxygen atoms in total. The van der Waals surface area contributed by atoms with Crippen molar-refractivity contribution in [3.8, 4) is 0 Å². The fraction of sp³-hybridized carbons (Fsp3) is 0.867. The molecule has 0 bridgehead atoms. The predicted octanol–water partition coefficient (Wildman–Crippen LogP) is 3.48. The molecular weight excluding hydrogens is 244 g/mol. The summed E-state index contributed by atoms with van der Waals surface area (Å²) in [6.07, 6.45) is 5.94. The summed E-state index contributed by atoms with van der Waals surface area (Å²) < 4.78 is 10.2. The first kappa shape index (κ1) is 17.9. The molecule has 0 fully saturated rings. The van der Waals surface area contributed by atoms with E-state index in [0.29, 0.717) is 13.2 Å². The first-order valence-electron chi connectivity index (χ1n) is 7.31. The summed E-state index contributed by atoms with van der Waals surface area (Å²) in [4.78, 5) is 23.6. The van der Waals surface area contributed by atoms with Crippen LogP contribution < -0.4 is 0 Å². The van der Waals surface area contributed by atoms with Gasteiger partial charge in [0.25, 0.3) is 0 Å². The van der Waals surface area contributed by atoms with E-state index in [1.807, 2.05) is 6.92 Å². The van der Waals surface area contributed by atoms with Crippen LogP contribution in [0, 0.1) is 5.41 Å². The number of hydrogen-bond acceptors (Lipinski definition) is 4. The summed E-state index contributed by atoms with van der Waals surface area (Å²) in [5.41, 5.74) is -1.21. The van der Waals surface area contributed by atoms with Gasteiger partial charge in [-0.15, -0.1) is 0 Å². The van der Waals surface area contributed by atoms with Crippen molar-refractivity contribution >= 4 is 11.9 Å². The van der Waals surface area contributed by atoms with Gasteiger partial charge in [0, 0.05) is 0 Å². The minimum atomic E-state index is -1.21. The molecule has 0 aromatic rings. The molecule has 0 radical (unpaired) electrons. The molecule has 0 aliphatic rings. The quantitative estimate of drug-likeness (QED) is 0.347. The van der Waals surface area contributed by atoms with Crippen LogP contribution in [0.4, 0.5) is 0 Å². The van der Waals surface area contributed by atoms with Crippen molar-refractivity contribution in [2.24, 2.45) is 5.41 Å². The van der Waals surface area contributed by atoms with E-state index in [-0.39, 0.29) is 0 Å². The molecule has 0 amide bonds. The van der Waals surface area contributed by atoms with Gasteiger partial charge in [0.2, 0.25) is 0 Å². The monoisotopic (exact) mass is 272 g/mol. The molecule has 0 aromatic heterocycles. The van der Waals surface area contributed by atoms with E-state index >= 15 is 0 Å². The van der Waals surface area contributed by atoms with E-state index in [0.717, 1.165) is 38.5 Å². The zero-order valence-corrected chi connectivity index (χ0v) is 12.8. The second-order valence-corrected chi connectivity index (χ2v) is 5.31. The SMILES string of the molecule is CCCCCCOC(=O)C(C)(C)C(=O)OCCCC. The number of rotatable bonds is 10. The summed E-state index contributed by atoms with van der Waals surface area (Å²) in [6.45, 7) is 7.99. The lowest BCUT2D eigenvalue weighted by Gasteiger charge is -2.20. The molecule has 0 saturated carbocycles. The number of carbonyl (C=O) groups is 2. The fourth-order valence-electron chi connectivity index (χ4n) is 1.45. The number of carbonyl (C=O) groups excluding carboxylic acids is 2. The maximum Gasteiger partial charge on any atom is 0.322 e. The Hall–Kier alpha value is -1.06. The smallest absolute Gasteiger partial charge is 0.322 e. The zero-order chi connectivity index (χ0) is 14.7. The van der Waals surface area contributed by atoms with Crippen LogP contribution in [-0.4, -0.2) is 25.2 Å². The maximum absolute atomic E-state index is 11.8. The van der Waals surface area contributed by atoms with E-state index in [1.165, 1.54) is 0 Å². The van der Waals surface area contributed by atoms with Crippen LogP contribution in [0.1, 0.15) is 66.2 Å². The molecule has 0 aliphatic heterocycles. The maximum atomic E-state index is 11.8. The minimum Gasteiger partial charge on any atom is -0.465 e. The Bertz CT molecular complexity index is 271. The van der Waals surface area contributed by atoms with Gasteiger partial charge in [-0.2, -0.15) is 0 Å². The average molecular weight is 272 g/mol. The Morgan fingerprint density at radius 3 is 1.74 bits per heavy atom. The van der Waals surface area contributed by atoms with Crippen LogP contribution in [0.15, 0.2) is 0 Å². The standard InChI is InChI=1S/C15H28O4/c1-5-7-9-10-12-19-14(17)15(3,4)13(16)18-11-8-6-2/h5-12H2,1-4H3. The van der Waals surface area contributed by atoms with Gasteiger partial charge in [0.1, 0.15) is 0 Å². The van der Waals surface area contributed by atoms with Crippen molar-refractivity contribution in [2.75, 3.05) is 13.2 Å². The second kappa shape index (κ2) is 9.82. The number of hydrogen-bond donors (Lipinski definition) is 0. The lowest BCUT2D eigenvalue weighted by atomic mass is 9.94. The van der Waals surface area contributed by atoms with Crippen molar-refractivity contribution in [3.05, 3.63) is 0 Å². The van der Waals surface area contributed by atoms with Crippen molar-refractivity contribution in [3.63, 3.8) is 0 Å². The molecule has 0 atom stereocenters. The van der Waals surface area contributed by atoms with Crippen LogP contribution >= 0.6 is 0 Å². The third-order valence-electron chi connectivity index (χ3n) is 2.98. The van der Waals surface area contributed by atoms with Gasteiger partial charge in [0.15, 0.2) is 5.41 Å². The lowest BCUT2D eigenvalue weighted by Crippen LogP contribution is -2.37. The Kier molecular flexibility index (Phi) is 9.27. The average Bonchev–Trinajstić information content (AvgIpc) is 2.38. The Morgan fingerprint density at radius 1 is 0.789 bits per heavy atom. The van der Waals surface area contributed by atoms with Crippen LogP contribution in [-0.2, 0) is 19.1 Å².